The minimum absolute atomic E-state index is 0.0173. The average molecular weight is 622 g/mol. The van der Waals surface area contributed by atoms with E-state index in [4.69, 9.17) is 48.5 Å². The number of carbonyl (C=O) groups is 2. The molecule has 2 unspecified atom stereocenters. The van der Waals surface area contributed by atoms with Crippen LogP contribution in [0.1, 0.15) is 59.8 Å². The van der Waals surface area contributed by atoms with Crippen molar-refractivity contribution in [3.63, 3.8) is 0 Å². The third-order valence-corrected chi connectivity index (χ3v) is 6.41. The molecule has 1 N–H and O–H groups in total. The van der Waals surface area contributed by atoms with E-state index in [2.05, 4.69) is 10.0 Å². The van der Waals surface area contributed by atoms with E-state index in [1.54, 1.807) is 0 Å². The topological polar surface area (TPSA) is 177 Å². The molecule has 0 saturated carbocycles. The summed E-state index contributed by atoms with van der Waals surface area (Å²) in [7, 11) is 0. The van der Waals surface area contributed by atoms with Gasteiger partial charge in [-0.05, 0) is 38.6 Å². The molecule has 0 amide bonds. The molecule has 0 aliphatic carbocycles. The van der Waals surface area contributed by atoms with Crippen LogP contribution in [0.3, 0.4) is 0 Å². The van der Waals surface area contributed by atoms with Crippen molar-refractivity contribution in [3.05, 3.63) is 10.4 Å². The van der Waals surface area contributed by atoms with Crippen LogP contribution in [0.5, 0.6) is 0 Å². The van der Waals surface area contributed by atoms with Gasteiger partial charge in [-0.2, -0.15) is 0 Å². The van der Waals surface area contributed by atoms with Gasteiger partial charge >= 0.3 is 11.9 Å². The molecule has 0 radical (unpaired) electrons. The average Bonchev–Trinajstić information content (AvgIpc) is 2.98. The number of rotatable bonds is 31. The van der Waals surface area contributed by atoms with Crippen molar-refractivity contribution in [3.8, 4) is 0 Å². The van der Waals surface area contributed by atoms with Crippen LogP contribution in [-0.2, 0) is 47.5 Å². The first-order valence-corrected chi connectivity index (χ1v) is 15.2. The Kier molecular flexibility index (Phi) is 26.2. The summed E-state index contributed by atoms with van der Waals surface area (Å²) in [4.78, 5) is 29.0. The van der Waals surface area contributed by atoms with Crippen LogP contribution >= 0.6 is 0 Å². The van der Waals surface area contributed by atoms with E-state index in [-0.39, 0.29) is 58.1 Å². The Morgan fingerprint density at radius 2 is 0.977 bits per heavy atom. The van der Waals surface area contributed by atoms with Crippen LogP contribution < -0.4 is 0 Å². The van der Waals surface area contributed by atoms with Crippen molar-refractivity contribution in [2.45, 2.75) is 59.8 Å². The van der Waals surface area contributed by atoms with Gasteiger partial charge in [0.05, 0.1) is 96.7 Å². The second-order valence-corrected chi connectivity index (χ2v) is 10.4. The fourth-order valence-corrected chi connectivity index (χ4v) is 4.52. The summed E-state index contributed by atoms with van der Waals surface area (Å²) < 4.78 is 43.2. The summed E-state index contributed by atoms with van der Waals surface area (Å²) in [6.07, 6.45) is 2.98. The Morgan fingerprint density at radius 1 is 0.628 bits per heavy atom. The third kappa shape index (κ3) is 21.3. The van der Waals surface area contributed by atoms with Gasteiger partial charge in [-0.15, -0.1) is 0 Å². The minimum Gasteiger partial charge on any atom is -0.463 e. The van der Waals surface area contributed by atoms with Gasteiger partial charge in [0.25, 0.3) is 0 Å². The van der Waals surface area contributed by atoms with Gasteiger partial charge in [-0.25, -0.2) is 0 Å². The monoisotopic (exact) mass is 621 g/mol. The molecule has 0 aliphatic heterocycles. The molecule has 0 heterocycles. The normalized spacial score (nSPS) is 14.0. The van der Waals surface area contributed by atoms with Gasteiger partial charge in [0.1, 0.15) is 13.2 Å². The Hall–Kier alpha value is -2.03. The van der Waals surface area contributed by atoms with Gasteiger partial charge in [0.15, 0.2) is 0 Å². The molecule has 0 aliphatic rings. The number of ether oxygens (including phenoxy) is 8. The second kappa shape index (κ2) is 27.5. The Morgan fingerprint density at radius 3 is 1.33 bits per heavy atom. The molecule has 0 aromatic rings. The van der Waals surface area contributed by atoms with E-state index >= 15 is 0 Å². The number of aliphatic hydroxyl groups excluding tert-OH is 1. The number of aliphatic hydroxyl groups is 1. The number of hydrogen-bond acceptors (Lipinski definition) is 12. The first-order valence-electron chi connectivity index (χ1n) is 15.2. The van der Waals surface area contributed by atoms with Gasteiger partial charge in [0, 0.05) is 11.5 Å². The lowest BCUT2D eigenvalue weighted by Crippen LogP contribution is -2.41. The highest BCUT2D eigenvalue weighted by atomic mass is 16.6. The Bertz CT molecular complexity index is 755. The molecule has 43 heavy (non-hydrogen) atoms. The largest absolute Gasteiger partial charge is 0.463 e. The van der Waals surface area contributed by atoms with E-state index in [0.717, 1.165) is 12.8 Å². The summed E-state index contributed by atoms with van der Waals surface area (Å²) in [5.41, 5.74) is 6.48. The molecular weight excluding hydrogens is 566 g/mol. The van der Waals surface area contributed by atoms with Crippen molar-refractivity contribution in [2.75, 3.05) is 106 Å². The summed E-state index contributed by atoms with van der Waals surface area (Å²) in [5, 5.41) is 12.0. The fraction of sp³-hybridized carbons (Fsp3) is 0.931. The number of carbonyl (C=O) groups excluding carboxylic acids is 2. The van der Waals surface area contributed by atoms with Gasteiger partial charge in [-0.3, -0.25) is 9.59 Å². The van der Waals surface area contributed by atoms with E-state index in [9.17, 15) is 9.59 Å². The number of nitrogens with zero attached hydrogens (tertiary/aromatic N) is 3. The standard InChI is InChI=1S/C29H55N3O11/c1-5-7-28(3,26(34)42-23-21-40-19-17-38-15-13-36-11-9-31-32-30)25-29(4,8-6-2)27(35)43-24-22-41-20-18-39-16-14-37-12-10-33/h33H,5-25H2,1-4H3. The van der Waals surface area contributed by atoms with Crippen molar-refractivity contribution >= 4 is 11.9 Å². The fourth-order valence-electron chi connectivity index (χ4n) is 4.52. The van der Waals surface area contributed by atoms with Gasteiger partial charge in [0.2, 0.25) is 0 Å². The lowest BCUT2D eigenvalue weighted by atomic mass is 9.69. The van der Waals surface area contributed by atoms with Gasteiger partial charge < -0.3 is 43.0 Å². The van der Waals surface area contributed by atoms with Crippen LogP contribution in [-0.4, -0.2) is 123 Å². The van der Waals surface area contributed by atoms with Crippen LogP contribution in [0.15, 0.2) is 5.11 Å². The van der Waals surface area contributed by atoms with Crippen LogP contribution in [0.25, 0.3) is 10.4 Å². The molecule has 0 rings (SSSR count). The molecule has 14 nitrogen and oxygen atoms in total. The smallest absolute Gasteiger partial charge is 0.311 e. The number of hydrogen-bond donors (Lipinski definition) is 1. The molecule has 252 valence electrons. The van der Waals surface area contributed by atoms with Crippen molar-refractivity contribution < 1.29 is 52.6 Å². The number of esters is 2. The lowest BCUT2D eigenvalue weighted by Gasteiger charge is -2.36. The molecule has 0 saturated heterocycles. The maximum atomic E-state index is 13.2. The molecule has 0 aromatic heterocycles. The quantitative estimate of drug-likeness (QED) is 0.0394. The Balaban J connectivity index is 4.43. The first-order chi connectivity index (χ1) is 20.8. The lowest BCUT2D eigenvalue weighted by molar-refractivity contribution is -0.166. The zero-order valence-electron chi connectivity index (χ0n) is 26.7. The van der Waals surface area contributed by atoms with Crippen molar-refractivity contribution in [2.24, 2.45) is 15.9 Å². The molecule has 0 spiro atoms. The molecule has 0 aromatic carbocycles. The van der Waals surface area contributed by atoms with Crippen molar-refractivity contribution in [1.82, 2.24) is 0 Å². The van der Waals surface area contributed by atoms with Crippen molar-refractivity contribution in [1.29, 1.82) is 0 Å². The predicted octanol–water partition coefficient (Wildman–Crippen LogP) is 3.48. The zero-order valence-corrected chi connectivity index (χ0v) is 26.7. The maximum absolute atomic E-state index is 13.2. The zero-order chi connectivity index (χ0) is 32.1. The third-order valence-electron chi connectivity index (χ3n) is 6.41. The van der Waals surface area contributed by atoms with Gasteiger partial charge in [-0.1, -0.05) is 31.8 Å². The van der Waals surface area contributed by atoms with E-state index in [1.807, 2.05) is 27.7 Å². The highest BCUT2D eigenvalue weighted by molar-refractivity contribution is 5.80. The Labute approximate surface area is 256 Å². The van der Waals surface area contributed by atoms with E-state index in [1.165, 1.54) is 0 Å². The van der Waals surface area contributed by atoms with E-state index in [0.29, 0.717) is 78.7 Å². The minimum atomic E-state index is -0.853. The van der Waals surface area contributed by atoms with Crippen LogP contribution in [0.2, 0.25) is 0 Å². The summed E-state index contributed by atoms with van der Waals surface area (Å²) >= 11 is 0. The highest BCUT2D eigenvalue weighted by Crippen LogP contribution is 2.42. The summed E-state index contributed by atoms with van der Waals surface area (Å²) in [5.74, 6) is -0.706. The van der Waals surface area contributed by atoms with Crippen LogP contribution in [0.4, 0.5) is 0 Å². The van der Waals surface area contributed by atoms with Crippen LogP contribution in [0, 0.1) is 10.8 Å². The maximum Gasteiger partial charge on any atom is 0.311 e. The SMILES string of the molecule is CCCC(C)(CC(C)(CCC)C(=O)OCCOCCOCCOCCN=[N+]=[N-])C(=O)OCCOCCOCCOCCO. The summed E-state index contributed by atoms with van der Waals surface area (Å²) in [6.45, 7) is 12.4. The molecule has 0 bridgehead atoms. The molecule has 0 fully saturated rings. The molecular formula is C29H55N3O11. The first kappa shape index (κ1) is 41.0. The summed E-state index contributed by atoms with van der Waals surface area (Å²) in [6, 6.07) is 0. The second-order valence-electron chi connectivity index (χ2n) is 10.4. The number of azide groups is 1. The predicted molar refractivity (Wildman–Crippen MR) is 159 cm³/mol. The highest BCUT2D eigenvalue weighted by Gasteiger charge is 2.45. The molecule has 2 atom stereocenters. The van der Waals surface area contributed by atoms with E-state index < -0.39 is 10.8 Å². The molecule has 14 heteroatoms.